The van der Waals surface area contributed by atoms with Gasteiger partial charge in [-0.15, -0.1) is 0 Å². The number of nitrogens with one attached hydrogen (secondary N) is 2. The molecule has 2 rings (SSSR count). The van der Waals surface area contributed by atoms with Gasteiger partial charge >= 0.3 is 0 Å². The Labute approximate surface area is 156 Å². The molecule has 0 saturated carbocycles. The lowest BCUT2D eigenvalue weighted by atomic mass is 10.3. The molecule has 6 nitrogen and oxygen atoms in total. The molecule has 0 unspecified atom stereocenters. The summed E-state index contributed by atoms with van der Waals surface area (Å²) >= 11 is 5.77. The fraction of sp³-hybridized carbons (Fsp3) is 0.235. The van der Waals surface area contributed by atoms with Crippen molar-refractivity contribution in [2.24, 2.45) is 0 Å². The van der Waals surface area contributed by atoms with E-state index in [1.54, 1.807) is 24.3 Å². The second kappa shape index (κ2) is 8.98. The standard InChI is InChI=1S/C17H18ClFN2O4S/c1-12(21-26(23,24)16-8-4-14(19)5-9-16)17(22)20-10-11-25-15-6-2-13(18)3-7-15/h2-9,12,21H,10-11H2,1H3,(H,20,22)/t12-/m1/s1. The monoisotopic (exact) mass is 400 g/mol. The number of halogens is 2. The number of carbonyl (C=O) groups excluding carboxylic acids is 1. The van der Waals surface area contributed by atoms with Crippen LogP contribution in [0.4, 0.5) is 4.39 Å². The molecule has 0 radical (unpaired) electrons. The molecule has 26 heavy (non-hydrogen) atoms. The minimum absolute atomic E-state index is 0.121. The van der Waals surface area contributed by atoms with Gasteiger partial charge in [0, 0.05) is 5.02 Å². The van der Waals surface area contributed by atoms with Crippen molar-refractivity contribution in [3.8, 4) is 5.75 Å². The topological polar surface area (TPSA) is 84.5 Å². The molecule has 0 bridgehead atoms. The van der Waals surface area contributed by atoms with Gasteiger partial charge in [-0.1, -0.05) is 11.6 Å². The van der Waals surface area contributed by atoms with E-state index < -0.39 is 27.8 Å². The lowest BCUT2D eigenvalue weighted by Gasteiger charge is -2.15. The highest BCUT2D eigenvalue weighted by Crippen LogP contribution is 2.15. The van der Waals surface area contributed by atoms with Gasteiger partial charge in [0.25, 0.3) is 0 Å². The SMILES string of the molecule is C[C@@H](NS(=O)(=O)c1ccc(F)cc1)C(=O)NCCOc1ccc(Cl)cc1. The van der Waals surface area contributed by atoms with Gasteiger partial charge in [0.2, 0.25) is 15.9 Å². The van der Waals surface area contributed by atoms with Crippen molar-refractivity contribution in [3.63, 3.8) is 0 Å². The maximum atomic E-state index is 12.9. The second-order valence-electron chi connectivity index (χ2n) is 5.39. The summed E-state index contributed by atoms with van der Waals surface area (Å²) in [6, 6.07) is 10.1. The molecular formula is C17H18ClFN2O4S. The van der Waals surface area contributed by atoms with Gasteiger partial charge in [-0.3, -0.25) is 4.79 Å². The zero-order valence-electron chi connectivity index (χ0n) is 13.9. The van der Waals surface area contributed by atoms with E-state index in [2.05, 4.69) is 10.0 Å². The second-order valence-corrected chi connectivity index (χ2v) is 7.54. The van der Waals surface area contributed by atoms with E-state index in [4.69, 9.17) is 16.3 Å². The quantitative estimate of drug-likeness (QED) is 0.666. The minimum atomic E-state index is -3.92. The van der Waals surface area contributed by atoms with E-state index in [9.17, 15) is 17.6 Å². The summed E-state index contributed by atoms with van der Waals surface area (Å²) in [7, 11) is -3.92. The van der Waals surface area contributed by atoms with Crippen LogP contribution >= 0.6 is 11.6 Å². The summed E-state index contributed by atoms with van der Waals surface area (Å²) in [5.74, 6) is -0.445. The van der Waals surface area contributed by atoms with E-state index in [1.165, 1.54) is 6.92 Å². The first-order chi connectivity index (χ1) is 12.3. The van der Waals surface area contributed by atoms with E-state index >= 15 is 0 Å². The largest absolute Gasteiger partial charge is 0.492 e. The van der Waals surface area contributed by atoms with Gasteiger partial charge < -0.3 is 10.1 Å². The van der Waals surface area contributed by atoms with Gasteiger partial charge in [0.05, 0.1) is 17.5 Å². The third-order valence-electron chi connectivity index (χ3n) is 3.33. The predicted molar refractivity (Wildman–Crippen MR) is 96.1 cm³/mol. The average Bonchev–Trinajstić information content (AvgIpc) is 2.60. The lowest BCUT2D eigenvalue weighted by Crippen LogP contribution is -2.45. The Kier molecular flexibility index (Phi) is 6.96. The van der Waals surface area contributed by atoms with Crippen LogP contribution in [0.5, 0.6) is 5.75 Å². The molecule has 0 saturated heterocycles. The third kappa shape index (κ3) is 5.98. The van der Waals surface area contributed by atoms with Crippen LogP contribution in [0.1, 0.15) is 6.92 Å². The summed E-state index contributed by atoms with van der Waals surface area (Å²) in [4.78, 5) is 11.9. The van der Waals surface area contributed by atoms with Crippen molar-refractivity contribution in [1.29, 1.82) is 0 Å². The van der Waals surface area contributed by atoms with Crippen molar-refractivity contribution < 1.29 is 22.3 Å². The maximum Gasteiger partial charge on any atom is 0.241 e. The Balaban J connectivity index is 1.79. The summed E-state index contributed by atoms with van der Waals surface area (Å²) in [6.45, 7) is 1.82. The maximum absolute atomic E-state index is 12.9. The van der Waals surface area contributed by atoms with Gasteiger partial charge in [-0.25, -0.2) is 12.8 Å². The highest BCUT2D eigenvalue weighted by atomic mass is 35.5. The Morgan fingerprint density at radius 2 is 1.77 bits per heavy atom. The number of carbonyl (C=O) groups is 1. The molecule has 0 aliphatic heterocycles. The lowest BCUT2D eigenvalue weighted by molar-refractivity contribution is -0.122. The molecule has 0 spiro atoms. The van der Waals surface area contributed by atoms with Crippen LogP contribution in [0.2, 0.25) is 5.02 Å². The molecule has 0 aliphatic rings. The summed E-state index contributed by atoms with van der Waals surface area (Å²) < 4.78 is 44.9. The molecule has 0 fully saturated rings. The highest BCUT2D eigenvalue weighted by molar-refractivity contribution is 7.89. The minimum Gasteiger partial charge on any atom is -0.492 e. The van der Waals surface area contributed by atoms with Crippen LogP contribution in [0.15, 0.2) is 53.4 Å². The molecular weight excluding hydrogens is 383 g/mol. The molecule has 2 aromatic rings. The van der Waals surface area contributed by atoms with Gasteiger partial charge in [0.15, 0.2) is 0 Å². The third-order valence-corrected chi connectivity index (χ3v) is 5.14. The number of benzene rings is 2. The number of hydrogen-bond donors (Lipinski definition) is 2. The first kappa shape index (κ1) is 20.2. The van der Waals surface area contributed by atoms with Crippen LogP contribution in [-0.2, 0) is 14.8 Å². The Hall–Kier alpha value is -2.16. The van der Waals surface area contributed by atoms with Crippen molar-refractivity contribution in [2.45, 2.75) is 17.9 Å². The van der Waals surface area contributed by atoms with Gasteiger partial charge in [0.1, 0.15) is 18.2 Å². The van der Waals surface area contributed by atoms with E-state index in [0.717, 1.165) is 24.3 Å². The summed E-state index contributed by atoms with van der Waals surface area (Å²) in [5, 5.41) is 3.16. The predicted octanol–water partition coefficient (Wildman–Crippen LogP) is 2.34. The molecule has 1 amide bonds. The zero-order chi connectivity index (χ0) is 19.2. The van der Waals surface area contributed by atoms with Crippen LogP contribution in [-0.4, -0.2) is 33.5 Å². The van der Waals surface area contributed by atoms with E-state index in [-0.39, 0.29) is 18.0 Å². The number of ether oxygens (including phenoxy) is 1. The average molecular weight is 401 g/mol. The van der Waals surface area contributed by atoms with E-state index in [1.807, 2.05) is 0 Å². The molecule has 0 aliphatic carbocycles. The smallest absolute Gasteiger partial charge is 0.241 e. The Morgan fingerprint density at radius 3 is 2.38 bits per heavy atom. The summed E-state index contributed by atoms with van der Waals surface area (Å²) in [5.41, 5.74) is 0. The van der Waals surface area contributed by atoms with Crippen molar-refractivity contribution in [3.05, 3.63) is 59.4 Å². The number of amides is 1. The molecule has 2 aromatic carbocycles. The molecule has 2 N–H and O–H groups in total. The zero-order valence-corrected chi connectivity index (χ0v) is 15.5. The Bertz CT molecular complexity index is 842. The van der Waals surface area contributed by atoms with Gasteiger partial charge in [-0.05, 0) is 55.5 Å². The number of sulfonamides is 1. The Morgan fingerprint density at radius 1 is 1.15 bits per heavy atom. The van der Waals surface area contributed by atoms with Crippen molar-refractivity contribution in [1.82, 2.24) is 10.0 Å². The fourth-order valence-electron chi connectivity index (χ4n) is 2.00. The summed E-state index contributed by atoms with van der Waals surface area (Å²) in [6.07, 6.45) is 0. The molecule has 1 atom stereocenters. The molecule has 0 heterocycles. The normalized spacial score (nSPS) is 12.4. The van der Waals surface area contributed by atoms with Crippen LogP contribution in [0.25, 0.3) is 0 Å². The van der Waals surface area contributed by atoms with Crippen LogP contribution < -0.4 is 14.8 Å². The van der Waals surface area contributed by atoms with Crippen molar-refractivity contribution in [2.75, 3.05) is 13.2 Å². The van der Waals surface area contributed by atoms with Crippen LogP contribution in [0.3, 0.4) is 0 Å². The molecule has 9 heteroatoms. The van der Waals surface area contributed by atoms with E-state index in [0.29, 0.717) is 10.8 Å². The first-order valence-electron chi connectivity index (χ1n) is 7.72. The molecule has 140 valence electrons. The fourth-order valence-corrected chi connectivity index (χ4v) is 3.32. The molecule has 0 aromatic heterocycles. The first-order valence-corrected chi connectivity index (χ1v) is 9.58. The van der Waals surface area contributed by atoms with Gasteiger partial charge in [-0.2, -0.15) is 4.72 Å². The van der Waals surface area contributed by atoms with Crippen LogP contribution in [0, 0.1) is 5.82 Å². The van der Waals surface area contributed by atoms with Crippen molar-refractivity contribution >= 4 is 27.5 Å². The number of hydrogen-bond acceptors (Lipinski definition) is 4. The highest BCUT2D eigenvalue weighted by Gasteiger charge is 2.21. The number of rotatable bonds is 8.